The summed E-state index contributed by atoms with van der Waals surface area (Å²) >= 11 is 0. The van der Waals surface area contributed by atoms with E-state index in [2.05, 4.69) is 22.2 Å². The van der Waals surface area contributed by atoms with E-state index in [1.165, 1.54) is 0 Å². The Kier molecular flexibility index (Phi) is 6.05. The third kappa shape index (κ3) is 3.93. The number of likely N-dealkylation sites (N-methyl/N-ethyl adjacent to an activating group) is 2. The van der Waals surface area contributed by atoms with Gasteiger partial charge >= 0.3 is 5.97 Å². The van der Waals surface area contributed by atoms with Crippen LogP contribution in [0.4, 0.5) is 0 Å². The molecule has 1 saturated heterocycles. The summed E-state index contributed by atoms with van der Waals surface area (Å²) in [5, 5.41) is 12.3. The number of nitrogens with one attached hydrogen (secondary N) is 1. The molecule has 0 spiro atoms. The number of hydrogen-bond acceptors (Lipinski definition) is 4. The van der Waals surface area contributed by atoms with Gasteiger partial charge in [0.1, 0.15) is 5.54 Å². The second-order valence-corrected chi connectivity index (χ2v) is 5.24. The number of carboxylic acids is 1. The van der Waals surface area contributed by atoms with Crippen molar-refractivity contribution in [3.8, 4) is 0 Å². The van der Waals surface area contributed by atoms with Crippen LogP contribution in [0, 0.1) is 0 Å². The molecule has 1 aliphatic heterocycles. The Hall–Kier alpha value is -0.650. The first-order valence-corrected chi connectivity index (χ1v) is 6.87. The van der Waals surface area contributed by atoms with E-state index in [0.29, 0.717) is 12.8 Å². The van der Waals surface area contributed by atoms with E-state index < -0.39 is 11.5 Å². The Morgan fingerprint density at radius 3 is 2.39 bits per heavy atom. The molecule has 2 N–H and O–H groups in total. The Labute approximate surface area is 110 Å². The SMILES string of the molecule is CCC(CCCN1CCN(C)CC1)(NC)C(=O)O. The normalized spacial score (nSPS) is 21.7. The predicted molar refractivity (Wildman–Crippen MR) is 72.9 cm³/mol. The second kappa shape index (κ2) is 7.07. The summed E-state index contributed by atoms with van der Waals surface area (Å²) in [4.78, 5) is 16.1. The number of rotatable bonds is 7. The van der Waals surface area contributed by atoms with Crippen molar-refractivity contribution in [1.82, 2.24) is 15.1 Å². The van der Waals surface area contributed by atoms with E-state index in [1.54, 1.807) is 7.05 Å². The summed E-state index contributed by atoms with van der Waals surface area (Å²) in [7, 11) is 3.89. The third-order valence-electron chi connectivity index (χ3n) is 4.17. The lowest BCUT2D eigenvalue weighted by molar-refractivity contribution is -0.145. The van der Waals surface area contributed by atoms with Gasteiger partial charge in [0.2, 0.25) is 0 Å². The minimum Gasteiger partial charge on any atom is -0.480 e. The molecule has 1 aliphatic rings. The van der Waals surface area contributed by atoms with E-state index in [0.717, 1.165) is 39.1 Å². The first kappa shape index (κ1) is 15.4. The zero-order valence-electron chi connectivity index (χ0n) is 11.9. The topological polar surface area (TPSA) is 55.8 Å². The highest BCUT2D eigenvalue weighted by atomic mass is 16.4. The molecule has 0 radical (unpaired) electrons. The Morgan fingerprint density at radius 1 is 1.33 bits per heavy atom. The standard InChI is InChI=1S/C13H27N3O2/c1-4-13(14-2,12(17)18)6-5-7-16-10-8-15(3)9-11-16/h14H,4-11H2,1-3H3,(H,17,18). The lowest BCUT2D eigenvalue weighted by Crippen LogP contribution is -2.50. The Balaban J connectivity index is 2.33. The van der Waals surface area contributed by atoms with Crippen molar-refractivity contribution in [1.29, 1.82) is 0 Å². The van der Waals surface area contributed by atoms with Crippen LogP contribution in [0.25, 0.3) is 0 Å². The highest BCUT2D eigenvalue weighted by Gasteiger charge is 2.34. The van der Waals surface area contributed by atoms with E-state index in [4.69, 9.17) is 0 Å². The van der Waals surface area contributed by atoms with Gasteiger partial charge in [0.25, 0.3) is 0 Å². The molecule has 106 valence electrons. The smallest absolute Gasteiger partial charge is 0.323 e. The molecule has 1 unspecified atom stereocenters. The van der Waals surface area contributed by atoms with Crippen LogP contribution in [0.15, 0.2) is 0 Å². The molecule has 1 rings (SSSR count). The van der Waals surface area contributed by atoms with Gasteiger partial charge in [-0.1, -0.05) is 6.92 Å². The number of carbonyl (C=O) groups is 1. The summed E-state index contributed by atoms with van der Waals surface area (Å²) in [6.07, 6.45) is 2.26. The third-order valence-corrected chi connectivity index (χ3v) is 4.17. The highest BCUT2D eigenvalue weighted by Crippen LogP contribution is 2.18. The van der Waals surface area contributed by atoms with Crippen LogP contribution in [0.5, 0.6) is 0 Å². The molecule has 5 nitrogen and oxygen atoms in total. The van der Waals surface area contributed by atoms with Crippen LogP contribution in [0.3, 0.4) is 0 Å². The summed E-state index contributed by atoms with van der Waals surface area (Å²) < 4.78 is 0. The van der Waals surface area contributed by atoms with Crippen LogP contribution in [0.1, 0.15) is 26.2 Å². The Bertz CT molecular complexity index is 259. The molecular formula is C13H27N3O2. The molecule has 0 bridgehead atoms. The van der Waals surface area contributed by atoms with Crippen molar-refractivity contribution >= 4 is 5.97 Å². The van der Waals surface area contributed by atoms with Gasteiger partial charge in [0.15, 0.2) is 0 Å². The summed E-state index contributed by atoms with van der Waals surface area (Å²) in [5.74, 6) is -0.731. The van der Waals surface area contributed by atoms with Crippen molar-refractivity contribution < 1.29 is 9.90 Å². The minimum absolute atomic E-state index is 0.627. The van der Waals surface area contributed by atoms with Crippen molar-refractivity contribution in [2.75, 3.05) is 46.8 Å². The van der Waals surface area contributed by atoms with E-state index in [1.807, 2.05) is 6.92 Å². The zero-order valence-corrected chi connectivity index (χ0v) is 11.9. The van der Waals surface area contributed by atoms with Gasteiger partial charge in [-0.05, 0) is 39.9 Å². The maximum absolute atomic E-state index is 11.3. The molecule has 5 heteroatoms. The number of piperazine rings is 1. The molecule has 0 amide bonds. The average molecular weight is 257 g/mol. The van der Waals surface area contributed by atoms with Crippen LogP contribution in [-0.2, 0) is 4.79 Å². The maximum atomic E-state index is 11.3. The molecule has 1 atom stereocenters. The van der Waals surface area contributed by atoms with Gasteiger partial charge in [-0.15, -0.1) is 0 Å². The second-order valence-electron chi connectivity index (χ2n) is 5.24. The highest BCUT2D eigenvalue weighted by molar-refractivity contribution is 5.78. The lowest BCUT2D eigenvalue weighted by Gasteiger charge is -2.33. The number of hydrogen-bond donors (Lipinski definition) is 2. The molecule has 0 aromatic rings. The molecular weight excluding hydrogens is 230 g/mol. The van der Waals surface area contributed by atoms with Gasteiger partial charge in [0.05, 0.1) is 0 Å². The fourth-order valence-electron chi connectivity index (χ4n) is 2.52. The molecule has 0 aromatic heterocycles. The monoisotopic (exact) mass is 257 g/mol. The molecule has 1 fully saturated rings. The van der Waals surface area contributed by atoms with E-state index in [9.17, 15) is 9.90 Å². The summed E-state index contributed by atoms with van der Waals surface area (Å²) in [6, 6.07) is 0. The Morgan fingerprint density at radius 2 is 1.94 bits per heavy atom. The average Bonchev–Trinajstić information content (AvgIpc) is 2.37. The fraction of sp³-hybridized carbons (Fsp3) is 0.923. The zero-order chi connectivity index (χ0) is 13.6. The fourth-order valence-corrected chi connectivity index (χ4v) is 2.52. The minimum atomic E-state index is -0.743. The van der Waals surface area contributed by atoms with Crippen LogP contribution < -0.4 is 5.32 Å². The van der Waals surface area contributed by atoms with Gasteiger partial charge in [-0.3, -0.25) is 4.79 Å². The van der Waals surface area contributed by atoms with Gasteiger partial charge in [0, 0.05) is 26.2 Å². The summed E-state index contributed by atoms with van der Waals surface area (Å²) in [5.41, 5.74) is -0.743. The maximum Gasteiger partial charge on any atom is 0.323 e. The first-order chi connectivity index (χ1) is 8.54. The summed E-state index contributed by atoms with van der Waals surface area (Å²) in [6.45, 7) is 7.36. The largest absolute Gasteiger partial charge is 0.480 e. The first-order valence-electron chi connectivity index (χ1n) is 6.87. The van der Waals surface area contributed by atoms with Gasteiger partial charge < -0.3 is 20.2 Å². The van der Waals surface area contributed by atoms with Gasteiger partial charge in [-0.25, -0.2) is 0 Å². The van der Waals surface area contributed by atoms with Crippen LogP contribution >= 0.6 is 0 Å². The van der Waals surface area contributed by atoms with E-state index >= 15 is 0 Å². The lowest BCUT2D eigenvalue weighted by atomic mass is 9.90. The quantitative estimate of drug-likeness (QED) is 0.694. The predicted octanol–water partition coefficient (Wildman–Crippen LogP) is 0.467. The molecule has 0 aliphatic carbocycles. The van der Waals surface area contributed by atoms with Crippen LogP contribution in [0.2, 0.25) is 0 Å². The van der Waals surface area contributed by atoms with Gasteiger partial charge in [-0.2, -0.15) is 0 Å². The van der Waals surface area contributed by atoms with Crippen LogP contribution in [-0.4, -0.2) is 73.2 Å². The molecule has 0 aromatic carbocycles. The number of nitrogens with zero attached hydrogens (tertiary/aromatic N) is 2. The molecule has 0 saturated carbocycles. The molecule has 18 heavy (non-hydrogen) atoms. The molecule has 1 heterocycles. The number of aliphatic carboxylic acids is 1. The van der Waals surface area contributed by atoms with E-state index in [-0.39, 0.29) is 0 Å². The van der Waals surface area contributed by atoms with Crippen molar-refractivity contribution in [3.05, 3.63) is 0 Å². The van der Waals surface area contributed by atoms with Crippen molar-refractivity contribution in [2.24, 2.45) is 0 Å². The van der Waals surface area contributed by atoms with Crippen molar-refractivity contribution in [2.45, 2.75) is 31.7 Å². The number of carboxylic acid groups (broad SMARTS) is 1. The van der Waals surface area contributed by atoms with Crippen molar-refractivity contribution in [3.63, 3.8) is 0 Å².